The maximum atomic E-state index is 13.2. The van der Waals surface area contributed by atoms with E-state index in [-0.39, 0.29) is 24.1 Å². The molecule has 1 amide bonds. The first-order valence-corrected chi connectivity index (χ1v) is 10.3. The number of carbonyl (C=O) groups is 1. The molecule has 2 atom stereocenters. The Labute approximate surface area is 171 Å². The van der Waals surface area contributed by atoms with Gasteiger partial charge >= 0.3 is 0 Å². The summed E-state index contributed by atoms with van der Waals surface area (Å²) in [6.45, 7) is 0. The molecule has 2 aromatic carbocycles. The van der Waals surface area contributed by atoms with Crippen molar-refractivity contribution in [2.24, 2.45) is 0 Å². The fourth-order valence-electron chi connectivity index (χ4n) is 4.75. The Bertz CT molecular complexity index is 959. The monoisotopic (exact) mass is 384 g/mol. The number of aromatic nitrogens is 1. The zero-order valence-corrected chi connectivity index (χ0v) is 16.3. The number of ether oxygens (including phenoxy) is 1. The van der Waals surface area contributed by atoms with E-state index in [4.69, 9.17) is 4.74 Å². The van der Waals surface area contributed by atoms with Gasteiger partial charge in [0.05, 0.1) is 6.20 Å². The summed E-state index contributed by atoms with van der Waals surface area (Å²) in [5.74, 6) is 0.963. The van der Waals surface area contributed by atoms with Crippen LogP contribution in [-0.2, 0) is 0 Å². The van der Waals surface area contributed by atoms with Crippen LogP contribution in [-0.4, -0.2) is 34.0 Å². The van der Waals surface area contributed by atoms with E-state index in [9.17, 15) is 4.79 Å². The molecule has 0 spiro atoms. The number of fused-ring (bicyclic) bond motifs is 2. The van der Waals surface area contributed by atoms with Gasteiger partial charge in [-0.2, -0.15) is 0 Å². The number of rotatable bonds is 4. The number of amides is 1. The lowest BCUT2D eigenvalue weighted by Crippen LogP contribution is -2.49. The van der Waals surface area contributed by atoms with E-state index >= 15 is 0 Å². The van der Waals surface area contributed by atoms with Crippen LogP contribution in [0.25, 0.3) is 11.1 Å². The van der Waals surface area contributed by atoms with Crippen molar-refractivity contribution in [3.05, 3.63) is 84.7 Å². The number of benzene rings is 2. The van der Waals surface area contributed by atoms with Crippen LogP contribution < -0.4 is 4.74 Å². The van der Waals surface area contributed by atoms with Gasteiger partial charge < -0.3 is 9.64 Å². The number of pyridine rings is 1. The molecule has 4 nitrogen and oxygen atoms in total. The quantitative estimate of drug-likeness (QED) is 0.638. The molecule has 2 bridgehead atoms. The van der Waals surface area contributed by atoms with Crippen molar-refractivity contribution in [2.75, 3.05) is 0 Å². The minimum atomic E-state index is 0.150. The van der Waals surface area contributed by atoms with Crippen LogP contribution in [0.15, 0.2) is 79.1 Å². The average molecular weight is 384 g/mol. The van der Waals surface area contributed by atoms with Gasteiger partial charge in [-0.1, -0.05) is 42.5 Å². The summed E-state index contributed by atoms with van der Waals surface area (Å²) in [6.07, 6.45) is 7.56. The van der Waals surface area contributed by atoms with Crippen molar-refractivity contribution in [2.45, 2.75) is 43.9 Å². The smallest absolute Gasteiger partial charge is 0.254 e. The Kier molecular flexibility index (Phi) is 4.76. The van der Waals surface area contributed by atoms with Crippen LogP contribution >= 0.6 is 0 Å². The molecular weight excluding hydrogens is 360 g/mol. The third kappa shape index (κ3) is 3.63. The van der Waals surface area contributed by atoms with Gasteiger partial charge in [0.1, 0.15) is 11.9 Å². The molecule has 2 fully saturated rings. The van der Waals surface area contributed by atoms with E-state index in [1.807, 2.05) is 54.6 Å². The first-order chi connectivity index (χ1) is 14.3. The largest absolute Gasteiger partial charge is 0.489 e. The van der Waals surface area contributed by atoms with Crippen LogP contribution in [0.5, 0.6) is 5.75 Å². The summed E-state index contributed by atoms with van der Waals surface area (Å²) in [5.41, 5.74) is 3.07. The number of piperidine rings is 1. The van der Waals surface area contributed by atoms with Gasteiger partial charge in [0.15, 0.2) is 0 Å². The molecule has 0 aliphatic carbocycles. The Morgan fingerprint density at radius 1 is 0.862 bits per heavy atom. The van der Waals surface area contributed by atoms with Crippen LogP contribution in [0.2, 0.25) is 0 Å². The molecule has 2 unspecified atom stereocenters. The van der Waals surface area contributed by atoms with Gasteiger partial charge in [-0.05, 0) is 48.2 Å². The summed E-state index contributed by atoms with van der Waals surface area (Å²) < 4.78 is 6.13. The molecule has 2 aliphatic rings. The van der Waals surface area contributed by atoms with Crippen molar-refractivity contribution in [3.63, 3.8) is 0 Å². The molecule has 3 aromatic rings. The maximum Gasteiger partial charge on any atom is 0.254 e. The molecule has 29 heavy (non-hydrogen) atoms. The molecule has 5 rings (SSSR count). The zero-order chi connectivity index (χ0) is 19.6. The van der Waals surface area contributed by atoms with E-state index < -0.39 is 0 Å². The lowest BCUT2D eigenvalue weighted by atomic mass is 9.97. The summed E-state index contributed by atoms with van der Waals surface area (Å²) in [5, 5.41) is 0. The molecule has 2 saturated heterocycles. The predicted molar refractivity (Wildman–Crippen MR) is 113 cm³/mol. The van der Waals surface area contributed by atoms with Crippen LogP contribution in [0, 0.1) is 0 Å². The lowest BCUT2D eigenvalue weighted by molar-refractivity contribution is 0.0358. The summed E-state index contributed by atoms with van der Waals surface area (Å²) in [6, 6.07) is 22.6. The van der Waals surface area contributed by atoms with Crippen molar-refractivity contribution in [1.29, 1.82) is 0 Å². The zero-order valence-electron chi connectivity index (χ0n) is 16.3. The second-order valence-electron chi connectivity index (χ2n) is 7.94. The van der Waals surface area contributed by atoms with E-state index in [1.54, 1.807) is 12.4 Å². The van der Waals surface area contributed by atoms with Gasteiger partial charge in [-0.25, -0.2) is 0 Å². The molecule has 1 aromatic heterocycles. The third-order valence-corrected chi connectivity index (χ3v) is 6.10. The highest BCUT2D eigenvalue weighted by atomic mass is 16.5. The number of hydrogen-bond donors (Lipinski definition) is 0. The van der Waals surface area contributed by atoms with Gasteiger partial charge in [-0.3, -0.25) is 9.78 Å². The highest BCUT2D eigenvalue weighted by Gasteiger charge is 2.44. The third-order valence-electron chi connectivity index (χ3n) is 6.10. The summed E-state index contributed by atoms with van der Waals surface area (Å²) >= 11 is 0. The molecule has 0 saturated carbocycles. The number of nitrogens with zero attached hydrogens (tertiary/aromatic N) is 2. The molecule has 146 valence electrons. The lowest BCUT2D eigenvalue weighted by Gasteiger charge is -2.39. The Morgan fingerprint density at radius 3 is 2.21 bits per heavy atom. The van der Waals surface area contributed by atoms with Crippen molar-refractivity contribution < 1.29 is 9.53 Å². The molecule has 2 aliphatic heterocycles. The second-order valence-corrected chi connectivity index (χ2v) is 7.94. The number of hydrogen-bond acceptors (Lipinski definition) is 3. The molecular formula is C25H24N2O2. The Balaban J connectivity index is 1.29. The topological polar surface area (TPSA) is 42.4 Å². The minimum absolute atomic E-state index is 0.150. The van der Waals surface area contributed by atoms with Crippen molar-refractivity contribution in [1.82, 2.24) is 9.88 Å². The van der Waals surface area contributed by atoms with Crippen molar-refractivity contribution in [3.8, 4) is 16.9 Å². The van der Waals surface area contributed by atoms with E-state index in [1.165, 1.54) is 5.56 Å². The standard InChI is InChI=1S/C25H24N2O2/c28-25(20-10-8-19(9-11-20)18-5-2-1-3-6-18)27-21-12-13-22(27)16-24(15-21)29-23-7-4-14-26-17-23/h1-11,14,17,21-22,24H,12-13,15-16H2. The average Bonchev–Trinajstić information content (AvgIpc) is 3.05. The Hall–Kier alpha value is -3.14. The molecule has 3 heterocycles. The Morgan fingerprint density at radius 2 is 1.55 bits per heavy atom. The molecule has 0 N–H and O–H groups in total. The minimum Gasteiger partial charge on any atom is -0.489 e. The number of carbonyl (C=O) groups excluding carboxylic acids is 1. The van der Waals surface area contributed by atoms with Crippen LogP contribution in [0.4, 0.5) is 0 Å². The first-order valence-electron chi connectivity index (χ1n) is 10.3. The highest BCUT2D eigenvalue weighted by Crippen LogP contribution is 2.38. The van der Waals surface area contributed by atoms with E-state index in [2.05, 4.69) is 22.0 Å². The summed E-state index contributed by atoms with van der Waals surface area (Å²) in [7, 11) is 0. The SMILES string of the molecule is O=C(c1ccc(-c2ccccc2)cc1)N1C2CCC1CC(Oc1cccnc1)C2. The fourth-order valence-corrected chi connectivity index (χ4v) is 4.75. The van der Waals surface area contributed by atoms with Crippen LogP contribution in [0.3, 0.4) is 0 Å². The second kappa shape index (κ2) is 7.70. The van der Waals surface area contributed by atoms with E-state index in [0.717, 1.165) is 42.6 Å². The predicted octanol–water partition coefficient (Wildman–Crippen LogP) is 4.96. The van der Waals surface area contributed by atoms with Crippen LogP contribution in [0.1, 0.15) is 36.0 Å². The summed E-state index contributed by atoms with van der Waals surface area (Å²) in [4.78, 5) is 19.5. The normalized spacial score (nSPS) is 23.0. The molecule has 0 radical (unpaired) electrons. The highest BCUT2D eigenvalue weighted by molar-refractivity contribution is 5.95. The molecule has 4 heteroatoms. The first kappa shape index (κ1) is 17.9. The van der Waals surface area contributed by atoms with Gasteiger partial charge in [0.25, 0.3) is 5.91 Å². The van der Waals surface area contributed by atoms with Gasteiger partial charge in [0, 0.05) is 36.7 Å². The van der Waals surface area contributed by atoms with E-state index in [0.29, 0.717) is 0 Å². The maximum absolute atomic E-state index is 13.2. The van der Waals surface area contributed by atoms with Crippen molar-refractivity contribution >= 4 is 5.91 Å². The fraction of sp³-hybridized carbons (Fsp3) is 0.280. The van der Waals surface area contributed by atoms with Gasteiger partial charge in [-0.15, -0.1) is 0 Å². The van der Waals surface area contributed by atoms with Gasteiger partial charge in [0.2, 0.25) is 0 Å².